The summed E-state index contributed by atoms with van der Waals surface area (Å²) in [4.78, 5) is 32.9. The van der Waals surface area contributed by atoms with Gasteiger partial charge in [0.2, 0.25) is 5.91 Å². The van der Waals surface area contributed by atoms with Crippen LogP contribution in [0, 0.1) is 0 Å². The van der Waals surface area contributed by atoms with Crippen LogP contribution < -0.4 is 0 Å². The number of carbonyl (C=O) groups is 2. The molecule has 3 heterocycles. The second-order valence-electron chi connectivity index (χ2n) is 6.72. The lowest BCUT2D eigenvalue weighted by atomic mass is 10.2. The fraction of sp³-hybridized carbons (Fsp3) is 0.238. The van der Waals surface area contributed by atoms with Crippen LogP contribution in [-0.4, -0.2) is 62.6 Å². The van der Waals surface area contributed by atoms with E-state index in [9.17, 15) is 9.59 Å². The molecule has 7 heteroatoms. The highest BCUT2D eigenvalue weighted by Crippen LogP contribution is 2.12. The van der Waals surface area contributed by atoms with E-state index in [-0.39, 0.29) is 11.8 Å². The molecule has 0 N–H and O–H groups in total. The molecule has 0 unspecified atom stereocenters. The maximum absolute atomic E-state index is 12.8. The van der Waals surface area contributed by atoms with Crippen LogP contribution in [-0.2, 0) is 11.2 Å². The minimum Gasteiger partial charge on any atom is -0.339 e. The SMILES string of the molecule is O=C(Cc1cccnc1)N1CCN(C(=O)c2cnn(-c3ccccc3)c2)CC1. The fourth-order valence-corrected chi connectivity index (χ4v) is 3.29. The van der Waals surface area contributed by atoms with Crippen LogP contribution in [0.1, 0.15) is 15.9 Å². The van der Waals surface area contributed by atoms with Crippen molar-refractivity contribution in [2.24, 2.45) is 0 Å². The van der Waals surface area contributed by atoms with Gasteiger partial charge >= 0.3 is 0 Å². The van der Waals surface area contributed by atoms with E-state index in [1.54, 1.807) is 34.4 Å². The highest BCUT2D eigenvalue weighted by molar-refractivity contribution is 5.94. The number of para-hydroxylation sites is 1. The second kappa shape index (κ2) is 8.04. The van der Waals surface area contributed by atoms with E-state index in [2.05, 4.69) is 10.1 Å². The Kier molecular flexibility index (Phi) is 5.14. The predicted molar refractivity (Wildman–Crippen MR) is 104 cm³/mol. The highest BCUT2D eigenvalue weighted by atomic mass is 16.2. The Morgan fingerprint density at radius 2 is 1.64 bits per heavy atom. The predicted octanol–water partition coefficient (Wildman–Crippen LogP) is 1.79. The maximum Gasteiger partial charge on any atom is 0.257 e. The number of pyridine rings is 1. The molecule has 1 fully saturated rings. The molecular weight excluding hydrogens is 354 g/mol. The molecule has 1 aliphatic rings. The minimum absolute atomic E-state index is 0.0541. The molecule has 1 aromatic carbocycles. The number of benzene rings is 1. The summed E-state index contributed by atoms with van der Waals surface area (Å²) in [6.07, 6.45) is 7.08. The number of carbonyl (C=O) groups excluding carboxylic acids is 2. The summed E-state index contributed by atoms with van der Waals surface area (Å²) in [7, 11) is 0. The first kappa shape index (κ1) is 17.9. The zero-order chi connectivity index (χ0) is 19.3. The Morgan fingerprint density at radius 1 is 0.893 bits per heavy atom. The van der Waals surface area contributed by atoms with Crippen molar-refractivity contribution in [3.05, 3.63) is 78.4 Å². The van der Waals surface area contributed by atoms with Gasteiger partial charge < -0.3 is 9.80 Å². The van der Waals surface area contributed by atoms with Crippen LogP contribution in [0.4, 0.5) is 0 Å². The Hall–Kier alpha value is -3.48. The molecule has 2 aromatic heterocycles. The van der Waals surface area contributed by atoms with Gasteiger partial charge in [-0.15, -0.1) is 0 Å². The van der Waals surface area contributed by atoms with E-state index in [0.29, 0.717) is 38.2 Å². The number of hydrogen-bond donors (Lipinski definition) is 0. The van der Waals surface area contributed by atoms with E-state index >= 15 is 0 Å². The summed E-state index contributed by atoms with van der Waals surface area (Å²) in [6, 6.07) is 13.4. The minimum atomic E-state index is -0.0541. The number of amides is 2. The van der Waals surface area contributed by atoms with E-state index in [4.69, 9.17) is 0 Å². The first-order chi connectivity index (χ1) is 13.7. The topological polar surface area (TPSA) is 71.3 Å². The standard InChI is InChI=1S/C21H21N5O2/c27-20(13-17-5-4-8-22-14-17)24-9-11-25(12-10-24)21(28)18-15-23-26(16-18)19-6-2-1-3-7-19/h1-8,14-16H,9-13H2. The van der Waals surface area contributed by atoms with Crippen LogP contribution in [0.25, 0.3) is 5.69 Å². The molecule has 0 spiro atoms. The van der Waals surface area contributed by atoms with Crippen LogP contribution in [0.2, 0.25) is 0 Å². The van der Waals surface area contributed by atoms with Gasteiger partial charge in [-0.1, -0.05) is 24.3 Å². The summed E-state index contributed by atoms with van der Waals surface area (Å²) < 4.78 is 1.70. The van der Waals surface area contributed by atoms with Crippen LogP contribution in [0.5, 0.6) is 0 Å². The molecule has 0 radical (unpaired) electrons. The van der Waals surface area contributed by atoms with Crippen molar-refractivity contribution in [3.63, 3.8) is 0 Å². The molecule has 7 nitrogen and oxygen atoms in total. The van der Waals surface area contributed by atoms with Crippen LogP contribution in [0.3, 0.4) is 0 Å². The average Bonchev–Trinajstić information content (AvgIpc) is 3.25. The van der Waals surface area contributed by atoms with E-state index in [1.807, 2.05) is 47.4 Å². The number of aromatic nitrogens is 3. The molecule has 1 aliphatic heterocycles. The molecule has 1 saturated heterocycles. The zero-order valence-corrected chi connectivity index (χ0v) is 15.4. The Bertz CT molecular complexity index is 947. The first-order valence-corrected chi connectivity index (χ1v) is 9.27. The van der Waals surface area contributed by atoms with Gasteiger partial charge in [-0.2, -0.15) is 5.10 Å². The summed E-state index contributed by atoms with van der Waals surface area (Å²) in [6.45, 7) is 2.12. The van der Waals surface area contributed by atoms with E-state index in [0.717, 1.165) is 11.3 Å². The molecule has 3 aromatic rings. The quantitative estimate of drug-likeness (QED) is 0.697. The zero-order valence-electron chi connectivity index (χ0n) is 15.4. The monoisotopic (exact) mass is 375 g/mol. The Labute approximate surface area is 163 Å². The van der Waals surface area contributed by atoms with Crippen molar-refractivity contribution < 1.29 is 9.59 Å². The summed E-state index contributed by atoms with van der Waals surface area (Å²) in [5, 5.41) is 4.29. The van der Waals surface area contributed by atoms with Crippen molar-refractivity contribution in [1.82, 2.24) is 24.6 Å². The molecule has 28 heavy (non-hydrogen) atoms. The van der Waals surface area contributed by atoms with Gasteiger partial charge in [0.25, 0.3) is 5.91 Å². The molecular formula is C21H21N5O2. The largest absolute Gasteiger partial charge is 0.339 e. The van der Waals surface area contributed by atoms with Crippen LogP contribution >= 0.6 is 0 Å². The van der Waals surface area contributed by atoms with Gasteiger partial charge in [0.05, 0.1) is 23.9 Å². The third-order valence-electron chi connectivity index (χ3n) is 4.85. The van der Waals surface area contributed by atoms with Gasteiger partial charge in [-0.25, -0.2) is 4.68 Å². The number of hydrogen-bond acceptors (Lipinski definition) is 4. The first-order valence-electron chi connectivity index (χ1n) is 9.27. The van der Waals surface area contributed by atoms with E-state index in [1.165, 1.54) is 0 Å². The summed E-state index contributed by atoms with van der Waals surface area (Å²) in [5.74, 6) is 0.0125. The Balaban J connectivity index is 1.34. The van der Waals surface area contributed by atoms with Gasteiger partial charge in [-0.3, -0.25) is 14.6 Å². The van der Waals surface area contributed by atoms with Crippen molar-refractivity contribution in [1.29, 1.82) is 0 Å². The lowest BCUT2D eigenvalue weighted by Crippen LogP contribution is -2.50. The maximum atomic E-state index is 12.8. The molecule has 4 rings (SSSR count). The van der Waals surface area contributed by atoms with Gasteiger partial charge in [0, 0.05) is 44.8 Å². The van der Waals surface area contributed by atoms with Gasteiger partial charge in [0.1, 0.15) is 0 Å². The third kappa shape index (κ3) is 3.93. The lowest BCUT2D eigenvalue weighted by Gasteiger charge is -2.34. The number of piperazine rings is 1. The fourth-order valence-electron chi connectivity index (χ4n) is 3.29. The van der Waals surface area contributed by atoms with Crippen molar-refractivity contribution in [3.8, 4) is 5.69 Å². The summed E-state index contributed by atoms with van der Waals surface area (Å²) >= 11 is 0. The Morgan fingerprint density at radius 3 is 2.36 bits per heavy atom. The lowest BCUT2D eigenvalue weighted by molar-refractivity contribution is -0.131. The molecule has 0 aliphatic carbocycles. The van der Waals surface area contributed by atoms with Crippen molar-refractivity contribution in [2.45, 2.75) is 6.42 Å². The number of rotatable bonds is 4. The van der Waals surface area contributed by atoms with Crippen molar-refractivity contribution >= 4 is 11.8 Å². The molecule has 142 valence electrons. The van der Waals surface area contributed by atoms with Gasteiger partial charge in [0.15, 0.2) is 0 Å². The van der Waals surface area contributed by atoms with Gasteiger partial charge in [-0.05, 0) is 23.8 Å². The normalized spacial score (nSPS) is 14.1. The van der Waals surface area contributed by atoms with E-state index < -0.39 is 0 Å². The highest BCUT2D eigenvalue weighted by Gasteiger charge is 2.25. The summed E-state index contributed by atoms with van der Waals surface area (Å²) in [5.41, 5.74) is 2.37. The second-order valence-corrected chi connectivity index (χ2v) is 6.72. The molecule has 0 saturated carbocycles. The van der Waals surface area contributed by atoms with Crippen LogP contribution in [0.15, 0.2) is 67.3 Å². The average molecular weight is 375 g/mol. The smallest absolute Gasteiger partial charge is 0.257 e. The number of nitrogens with zero attached hydrogens (tertiary/aromatic N) is 5. The molecule has 2 amide bonds. The molecule has 0 bridgehead atoms. The van der Waals surface area contributed by atoms with Crippen molar-refractivity contribution in [2.75, 3.05) is 26.2 Å². The third-order valence-corrected chi connectivity index (χ3v) is 4.85. The molecule has 0 atom stereocenters.